The molecular weight excluding hydrogens is 228 g/mol. The number of fused-ring (bicyclic) bond motifs is 1. The Morgan fingerprint density at radius 1 is 1.28 bits per heavy atom. The van der Waals surface area contributed by atoms with Crippen LogP contribution in [0.5, 0.6) is 0 Å². The van der Waals surface area contributed by atoms with Crippen LogP contribution in [0.15, 0.2) is 24.3 Å². The number of para-hydroxylation sites is 1. The first-order valence-electron chi connectivity index (χ1n) is 6.04. The Hall–Kier alpha value is -1.88. The van der Waals surface area contributed by atoms with Gasteiger partial charge in [-0.05, 0) is 26.0 Å². The van der Waals surface area contributed by atoms with E-state index in [-0.39, 0.29) is 12.1 Å². The summed E-state index contributed by atoms with van der Waals surface area (Å²) in [6.45, 7) is 5.35. The molecule has 0 atom stereocenters. The molecule has 0 unspecified atom stereocenters. The minimum Gasteiger partial charge on any atom is -0.377 e. The van der Waals surface area contributed by atoms with Crippen LogP contribution in [-0.2, 0) is 4.74 Å². The van der Waals surface area contributed by atoms with Gasteiger partial charge in [0.2, 0.25) is 5.95 Å². The van der Waals surface area contributed by atoms with E-state index in [1.54, 1.807) is 0 Å². The highest BCUT2D eigenvalue weighted by atomic mass is 16.5. The van der Waals surface area contributed by atoms with Gasteiger partial charge in [-0.25, -0.2) is 4.98 Å². The number of nitrogens with one attached hydrogen (secondary N) is 1. The predicted molar refractivity (Wildman–Crippen MR) is 73.5 cm³/mol. The van der Waals surface area contributed by atoms with E-state index in [1.807, 2.05) is 38.1 Å². The second kappa shape index (κ2) is 5.64. The van der Waals surface area contributed by atoms with Crippen LogP contribution in [0.2, 0.25) is 0 Å². The van der Waals surface area contributed by atoms with Gasteiger partial charge in [0.15, 0.2) is 0 Å². The van der Waals surface area contributed by atoms with Crippen LogP contribution >= 0.6 is 0 Å². The van der Waals surface area contributed by atoms with Crippen molar-refractivity contribution in [2.75, 3.05) is 24.2 Å². The monoisotopic (exact) mass is 246 g/mol. The smallest absolute Gasteiger partial charge is 0.222 e. The summed E-state index contributed by atoms with van der Waals surface area (Å²) in [6, 6.07) is 7.78. The minimum absolute atomic E-state index is 0.235. The molecular formula is C13H18N4O. The van der Waals surface area contributed by atoms with E-state index < -0.39 is 0 Å². The first-order chi connectivity index (χ1) is 8.66. The van der Waals surface area contributed by atoms with Crippen LogP contribution in [0.25, 0.3) is 10.9 Å². The van der Waals surface area contributed by atoms with Crippen LogP contribution in [0.4, 0.5) is 11.8 Å². The van der Waals surface area contributed by atoms with Crippen molar-refractivity contribution in [3.05, 3.63) is 24.3 Å². The third-order valence-corrected chi connectivity index (χ3v) is 2.47. The molecule has 2 aromatic rings. The third-order valence-electron chi connectivity index (χ3n) is 2.47. The summed E-state index contributed by atoms with van der Waals surface area (Å²) in [5.41, 5.74) is 6.53. The second-order valence-corrected chi connectivity index (χ2v) is 4.29. The lowest BCUT2D eigenvalue weighted by Gasteiger charge is -2.11. The molecule has 1 aromatic carbocycles. The SMILES string of the molecule is CC(C)OCCNc1nc(N)nc2ccccc12. The van der Waals surface area contributed by atoms with Crippen molar-refractivity contribution in [1.29, 1.82) is 0 Å². The maximum absolute atomic E-state index is 5.68. The van der Waals surface area contributed by atoms with Gasteiger partial charge in [0.05, 0.1) is 18.2 Å². The molecule has 0 bridgehead atoms. The number of nitrogens with zero attached hydrogens (tertiary/aromatic N) is 2. The summed E-state index contributed by atoms with van der Waals surface area (Å²) in [4.78, 5) is 8.41. The molecule has 5 heteroatoms. The average Bonchev–Trinajstić information content (AvgIpc) is 2.34. The van der Waals surface area contributed by atoms with Crippen LogP contribution < -0.4 is 11.1 Å². The quantitative estimate of drug-likeness (QED) is 0.790. The zero-order valence-electron chi connectivity index (χ0n) is 10.7. The van der Waals surface area contributed by atoms with Gasteiger partial charge in [-0.15, -0.1) is 0 Å². The molecule has 96 valence electrons. The molecule has 0 radical (unpaired) electrons. The van der Waals surface area contributed by atoms with E-state index in [0.717, 1.165) is 16.7 Å². The molecule has 1 aromatic heterocycles. The molecule has 0 saturated heterocycles. The Morgan fingerprint density at radius 3 is 2.83 bits per heavy atom. The van der Waals surface area contributed by atoms with E-state index in [0.29, 0.717) is 13.2 Å². The lowest BCUT2D eigenvalue weighted by molar-refractivity contribution is 0.0870. The lowest BCUT2D eigenvalue weighted by atomic mass is 10.2. The van der Waals surface area contributed by atoms with Gasteiger partial charge in [0, 0.05) is 11.9 Å². The number of nitrogens with two attached hydrogens (primary N) is 1. The molecule has 18 heavy (non-hydrogen) atoms. The van der Waals surface area contributed by atoms with Crippen molar-refractivity contribution in [2.24, 2.45) is 0 Å². The molecule has 0 amide bonds. The summed E-state index contributed by atoms with van der Waals surface area (Å²) >= 11 is 0. The fraction of sp³-hybridized carbons (Fsp3) is 0.385. The highest BCUT2D eigenvalue weighted by Gasteiger charge is 2.04. The number of hydrogen-bond donors (Lipinski definition) is 2. The van der Waals surface area contributed by atoms with Crippen molar-refractivity contribution < 1.29 is 4.74 Å². The summed E-state index contributed by atoms with van der Waals surface area (Å²) in [5, 5.41) is 4.20. The van der Waals surface area contributed by atoms with Gasteiger partial charge in [0.1, 0.15) is 5.82 Å². The first kappa shape index (κ1) is 12.6. The highest BCUT2D eigenvalue weighted by molar-refractivity contribution is 5.89. The van der Waals surface area contributed by atoms with Gasteiger partial charge in [0.25, 0.3) is 0 Å². The van der Waals surface area contributed by atoms with Gasteiger partial charge < -0.3 is 15.8 Å². The molecule has 5 nitrogen and oxygen atoms in total. The number of aromatic nitrogens is 2. The van der Waals surface area contributed by atoms with Crippen LogP contribution in [0.3, 0.4) is 0 Å². The maximum atomic E-state index is 5.68. The summed E-state index contributed by atoms with van der Waals surface area (Å²) in [5.74, 6) is 1.03. The molecule has 0 aliphatic carbocycles. The fourth-order valence-corrected chi connectivity index (χ4v) is 1.69. The Labute approximate surface area is 106 Å². The molecule has 2 rings (SSSR count). The predicted octanol–water partition coefficient (Wildman–Crippen LogP) is 2.05. The van der Waals surface area contributed by atoms with E-state index >= 15 is 0 Å². The van der Waals surface area contributed by atoms with Gasteiger partial charge in [-0.1, -0.05) is 12.1 Å². The van der Waals surface area contributed by atoms with Crippen LogP contribution in [-0.4, -0.2) is 29.2 Å². The molecule has 0 aliphatic heterocycles. The van der Waals surface area contributed by atoms with Gasteiger partial charge in [-0.3, -0.25) is 0 Å². The molecule has 0 fully saturated rings. The van der Waals surface area contributed by atoms with E-state index in [9.17, 15) is 0 Å². The molecule has 0 spiro atoms. The van der Waals surface area contributed by atoms with Gasteiger partial charge in [-0.2, -0.15) is 4.98 Å². The van der Waals surface area contributed by atoms with Gasteiger partial charge >= 0.3 is 0 Å². The van der Waals surface area contributed by atoms with Crippen molar-refractivity contribution in [1.82, 2.24) is 9.97 Å². The zero-order valence-corrected chi connectivity index (χ0v) is 10.7. The van der Waals surface area contributed by atoms with E-state index in [4.69, 9.17) is 10.5 Å². The number of hydrogen-bond acceptors (Lipinski definition) is 5. The zero-order chi connectivity index (χ0) is 13.0. The number of rotatable bonds is 5. The van der Waals surface area contributed by atoms with Crippen molar-refractivity contribution in [2.45, 2.75) is 20.0 Å². The summed E-state index contributed by atoms with van der Waals surface area (Å²) in [7, 11) is 0. The highest BCUT2D eigenvalue weighted by Crippen LogP contribution is 2.20. The molecule has 0 saturated carbocycles. The van der Waals surface area contributed by atoms with Crippen LogP contribution in [0, 0.1) is 0 Å². The molecule has 3 N–H and O–H groups in total. The third kappa shape index (κ3) is 3.07. The van der Waals surface area contributed by atoms with Crippen LogP contribution in [0.1, 0.15) is 13.8 Å². The standard InChI is InChI=1S/C13H18N4O/c1-9(2)18-8-7-15-12-10-5-3-4-6-11(10)16-13(14)17-12/h3-6,9H,7-8H2,1-2H3,(H3,14,15,16,17). The Kier molecular flexibility index (Phi) is 3.94. The fourth-order valence-electron chi connectivity index (χ4n) is 1.69. The first-order valence-corrected chi connectivity index (χ1v) is 6.04. The molecule has 0 aliphatic rings. The number of nitrogen functional groups attached to an aromatic ring is 1. The number of anilines is 2. The minimum atomic E-state index is 0.235. The lowest BCUT2D eigenvalue weighted by Crippen LogP contribution is -2.14. The molecule has 1 heterocycles. The average molecular weight is 246 g/mol. The number of benzene rings is 1. The topological polar surface area (TPSA) is 73.1 Å². The van der Waals surface area contributed by atoms with E-state index in [1.165, 1.54) is 0 Å². The Morgan fingerprint density at radius 2 is 2.06 bits per heavy atom. The summed E-state index contributed by atoms with van der Waals surface area (Å²) in [6.07, 6.45) is 0.235. The van der Waals surface area contributed by atoms with E-state index in [2.05, 4.69) is 15.3 Å². The Bertz CT molecular complexity index is 527. The van der Waals surface area contributed by atoms with Crippen molar-refractivity contribution in [3.63, 3.8) is 0 Å². The van der Waals surface area contributed by atoms with Crippen molar-refractivity contribution in [3.8, 4) is 0 Å². The Balaban J connectivity index is 2.12. The van der Waals surface area contributed by atoms with Crippen molar-refractivity contribution >= 4 is 22.7 Å². The summed E-state index contributed by atoms with van der Waals surface area (Å²) < 4.78 is 5.47. The number of ether oxygens (including phenoxy) is 1. The maximum Gasteiger partial charge on any atom is 0.222 e. The largest absolute Gasteiger partial charge is 0.377 e. The normalized spacial score (nSPS) is 11.1. The second-order valence-electron chi connectivity index (χ2n) is 4.29.